The summed E-state index contributed by atoms with van der Waals surface area (Å²) in [5.74, 6) is 0.402. The Kier molecular flexibility index (Phi) is 3.63. The van der Waals surface area contributed by atoms with Crippen molar-refractivity contribution in [1.29, 1.82) is 0 Å². The van der Waals surface area contributed by atoms with E-state index in [1.165, 1.54) is 38.0 Å². The number of benzene rings is 4. The van der Waals surface area contributed by atoms with Gasteiger partial charge in [0.1, 0.15) is 5.78 Å². The van der Waals surface area contributed by atoms with Gasteiger partial charge in [-0.15, -0.1) is 0 Å². The number of Topliss-reactive ketones (excluding diaryl/α,β-unsaturated/α-hetero) is 1. The van der Waals surface area contributed by atoms with Gasteiger partial charge in [0.2, 0.25) is 0 Å². The number of ketones is 1. The van der Waals surface area contributed by atoms with Crippen LogP contribution in [0.25, 0.3) is 32.3 Å². The molecule has 5 rings (SSSR count). The lowest BCUT2D eigenvalue weighted by Crippen LogP contribution is -2.26. The van der Waals surface area contributed by atoms with E-state index in [-0.39, 0.29) is 0 Å². The second-order valence-corrected chi connectivity index (χ2v) is 7.38. The minimum atomic E-state index is 0.394. The van der Waals surface area contributed by atoms with Gasteiger partial charge in [0, 0.05) is 30.0 Å². The number of nitrogens with one attached hydrogen (secondary N) is 1. The maximum absolute atomic E-state index is 11.5. The molecule has 128 valence electrons. The lowest BCUT2D eigenvalue weighted by atomic mass is 9.93. The smallest absolute Gasteiger partial charge is 0.133 e. The Hall–Kier alpha value is -2.87. The summed E-state index contributed by atoms with van der Waals surface area (Å²) in [4.78, 5) is 11.5. The summed E-state index contributed by atoms with van der Waals surface area (Å²) in [6.07, 6.45) is 3.29. The van der Waals surface area contributed by atoms with Gasteiger partial charge in [0.15, 0.2) is 0 Å². The van der Waals surface area contributed by atoms with E-state index < -0.39 is 0 Å². The third kappa shape index (κ3) is 2.72. The first-order valence-corrected chi connectivity index (χ1v) is 9.40. The SMILES string of the molecule is O=C1CCC(Nc2cccc3cc4cc5ccccc5cc4cc23)CC1. The molecular weight excluding hydrogens is 318 g/mol. The van der Waals surface area contributed by atoms with Crippen LogP contribution in [0.2, 0.25) is 0 Å². The molecule has 1 saturated carbocycles. The Bertz CT molecular complexity index is 1130. The second kappa shape index (κ2) is 6.14. The predicted octanol–water partition coefficient (Wildman–Crippen LogP) is 6.07. The highest BCUT2D eigenvalue weighted by atomic mass is 16.1. The van der Waals surface area contributed by atoms with E-state index in [2.05, 4.69) is 72.0 Å². The Labute approximate surface area is 152 Å². The number of anilines is 1. The van der Waals surface area contributed by atoms with Gasteiger partial charge in [-0.3, -0.25) is 4.79 Å². The number of rotatable bonds is 2. The van der Waals surface area contributed by atoms with Crippen molar-refractivity contribution in [2.24, 2.45) is 0 Å². The molecule has 1 aliphatic carbocycles. The Morgan fingerprint density at radius 3 is 2.04 bits per heavy atom. The number of hydrogen-bond acceptors (Lipinski definition) is 2. The van der Waals surface area contributed by atoms with E-state index in [1.807, 2.05) is 0 Å². The molecule has 0 aromatic heterocycles. The van der Waals surface area contributed by atoms with Crippen molar-refractivity contribution in [2.45, 2.75) is 31.7 Å². The summed E-state index contributed by atoms with van der Waals surface area (Å²) in [5.41, 5.74) is 1.18. The normalized spacial score (nSPS) is 15.8. The monoisotopic (exact) mass is 339 g/mol. The maximum atomic E-state index is 11.5. The van der Waals surface area contributed by atoms with Crippen LogP contribution in [-0.4, -0.2) is 11.8 Å². The van der Waals surface area contributed by atoms with Crippen LogP contribution < -0.4 is 5.32 Å². The van der Waals surface area contributed by atoms with Crippen molar-refractivity contribution in [2.75, 3.05) is 5.32 Å². The fourth-order valence-electron chi connectivity index (χ4n) is 4.15. The Balaban J connectivity index is 1.61. The molecular formula is C24H21NO. The predicted molar refractivity (Wildman–Crippen MR) is 110 cm³/mol. The van der Waals surface area contributed by atoms with Crippen LogP contribution >= 0.6 is 0 Å². The fourth-order valence-corrected chi connectivity index (χ4v) is 4.15. The van der Waals surface area contributed by atoms with E-state index in [1.54, 1.807) is 0 Å². The van der Waals surface area contributed by atoms with Crippen molar-refractivity contribution in [3.8, 4) is 0 Å². The van der Waals surface area contributed by atoms with Gasteiger partial charge >= 0.3 is 0 Å². The molecule has 1 N–H and O–H groups in total. The minimum absolute atomic E-state index is 0.394. The zero-order valence-electron chi connectivity index (χ0n) is 14.7. The third-order valence-corrected chi connectivity index (χ3v) is 5.60. The molecule has 2 nitrogen and oxygen atoms in total. The highest BCUT2D eigenvalue weighted by Crippen LogP contribution is 2.32. The first-order valence-electron chi connectivity index (χ1n) is 9.40. The average molecular weight is 339 g/mol. The molecule has 0 unspecified atom stereocenters. The zero-order valence-corrected chi connectivity index (χ0v) is 14.7. The van der Waals surface area contributed by atoms with Crippen LogP contribution in [0.5, 0.6) is 0 Å². The van der Waals surface area contributed by atoms with Crippen molar-refractivity contribution in [3.63, 3.8) is 0 Å². The zero-order chi connectivity index (χ0) is 17.5. The van der Waals surface area contributed by atoms with Gasteiger partial charge in [0.25, 0.3) is 0 Å². The lowest BCUT2D eigenvalue weighted by molar-refractivity contribution is -0.120. The molecule has 0 radical (unpaired) electrons. The van der Waals surface area contributed by atoms with E-state index in [9.17, 15) is 4.79 Å². The van der Waals surface area contributed by atoms with Crippen LogP contribution in [0.15, 0.2) is 66.7 Å². The lowest BCUT2D eigenvalue weighted by Gasteiger charge is -2.24. The van der Waals surface area contributed by atoms with Crippen molar-refractivity contribution in [3.05, 3.63) is 66.7 Å². The van der Waals surface area contributed by atoms with Crippen LogP contribution in [0.3, 0.4) is 0 Å². The summed E-state index contributed by atoms with van der Waals surface area (Å²) in [7, 11) is 0. The molecule has 0 amide bonds. The standard InChI is InChI=1S/C24H21NO/c26-22-10-8-21(9-11-22)25-24-7-3-6-18-14-19-12-16-4-1-2-5-17(16)13-20(19)15-23(18)24/h1-7,12-15,21,25H,8-11H2. The van der Waals surface area contributed by atoms with Crippen molar-refractivity contribution in [1.82, 2.24) is 0 Å². The molecule has 26 heavy (non-hydrogen) atoms. The van der Waals surface area contributed by atoms with Gasteiger partial charge in [0.05, 0.1) is 0 Å². The van der Waals surface area contributed by atoms with Crippen LogP contribution in [0.4, 0.5) is 5.69 Å². The van der Waals surface area contributed by atoms with Crippen molar-refractivity contribution >= 4 is 43.8 Å². The average Bonchev–Trinajstić information content (AvgIpc) is 2.67. The Morgan fingerprint density at radius 2 is 1.31 bits per heavy atom. The molecule has 1 fully saturated rings. The summed E-state index contributed by atoms with van der Waals surface area (Å²) in [6.45, 7) is 0. The molecule has 4 aromatic carbocycles. The van der Waals surface area contributed by atoms with E-state index in [0.717, 1.165) is 12.8 Å². The molecule has 0 heterocycles. The van der Waals surface area contributed by atoms with E-state index in [0.29, 0.717) is 24.7 Å². The maximum Gasteiger partial charge on any atom is 0.133 e. The topological polar surface area (TPSA) is 29.1 Å². The summed E-state index contributed by atoms with van der Waals surface area (Å²) in [5, 5.41) is 11.3. The first kappa shape index (κ1) is 15.4. The highest BCUT2D eigenvalue weighted by Gasteiger charge is 2.19. The van der Waals surface area contributed by atoms with Crippen molar-refractivity contribution < 1.29 is 4.79 Å². The van der Waals surface area contributed by atoms with E-state index in [4.69, 9.17) is 0 Å². The Morgan fingerprint density at radius 1 is 0.692 bits per heavy atom. The molecule has 2 heteroatoms. The van der Waals surface area contributed by atoms with Gasteiger partial charge in [-0.1, -0.05) is 36.4 Å². The number of hydrogen-bond donors (Lipinski definition) is 1. The molecule has 4 aromatic rings. The van der Waals surface area contributed by atoms with Gasteiger partial charge < -0.3 is 5.32 Å². The largest absolute Gasteiger partial charge is 0.382 e. The third-order valence-electron chi connectivity index (χ3n) is 5.60. The number of fused-ring (bicyclic) bond motifs is 3. The first-order chi connectivity index (χ1) is 12.8. The highest BCUT2D eigenvalue weighted by molar-refractivity contribution is 6.07. The van der Waals surface area contributed by atoms with Gasteiger partial charge in [-0.25, -0.2) is 0 Å². The van der Waals surface area contributed by atoms with Crippen LogP contribution in [0.1, 0.15) is 25.7 Å². The van der Waals surface area contributed by atoms with E-state index >= 15 is 0 Å². The summed E-state index contributed by atoms with van der Waals surface area (Å²) in [6, 6.07) is 24.5. The summed E-state index contributed by atoms with van der Waals surface area (Å²) < 4.78 is 0. The molecule has 0 aliphatic heterocycles. The minimum Gasteiger partial charge on any atom is -0.382 e. The van der Waals surface area contributed by atoms with Gasteiger partial charge in [-0.2, -0.15) is 0 Å². The number of carbonyl (C=O) groups excluding carboxylic acids is 1. The fraction of sp³-hybridized carbons (Fsp3) is 0.208. The number of carbonyl (C=O) groups is 1. The summed E-state index contributed by atoms with van der Waals surface area (Å²) >= 11 is 0. The molecule has 0 atom stereocenters. The molecule has 1 aliphatic rings. The molecule has 0 spiro atoms. The van der Waals surface area contributed by atoms with Crippen LogP contribution in [0, 0.1) is 0 Å². The second-order valence-electron chi connectivity index (χ2n) is 7.38. The van der Waals surface area contributed by atoms with Crippen LogP contribution in [-0.2, 0) is 4.79 Å². The van der Waals surface area contributed by atoms with Gasteiger partial charge in [-0.05, 0) is 70.1 Å². The molecule has 0 saturated heterocycles. The quantitative estimate of drug-likeness (QED) is 0.449. The molecule has 0 bridgehead atoms.